The Kier molecular flexibility index (Phi) is 6.35. The summed E-state index contributed by atoms with van der Waals surface area (Å²) in [6, 6.07) is 20.0. The maximum absolute atomic E-state index is 12.5. The van der Waals surface area contributed by atoms with E-state index in [1.54, 1.807) is 6.20 Å². The predicted molar refractivity (Wildman–Crippen MR) is 120 cm³/mol. The minimum atomic E-state index is -0.0730. The average Bonchev–Trinajstić information content (AvgIpc) is 3.14. The number of rotatable bonds is 8. The summed E-state index contributed by atoms with van der Waals surface area (Å²) in [7, 11) is 0. The maximum atomic E-state index is 12.5. The summed E-state index contributed by atoms with van der Waals surface area (Å²) in [5, 5.41) is 4.98. The molecule has 0 fully saturated rings. The Hall–Kier alpha value is -3.25. The number of carbonyl (C=O) groups is 1. The number of para-hydroxylation sites is 1. The van der Waals surface area contributed by atoms with Crippen LogP contribution < -0.4 is 10.1 Å². The Morgan fingerprint density at radius 2 is 1.90 bits per heavy atom. The van der Waals surface area contributed by atoms with E-state index in [1.807, 2.05) is 55.5 Å². The van der Waals surface area contributed by atoms with Gasteiger partial charge in [-0.25, -0.2) is 4.98 Å². The highest BCUT2D eigenvalue weighted by molar-refractivity contribution is 7.13. The second-order valence-electron chi connectivity index (χ2n) is 6.97. The van der Waals surface area contributed by atoms with Gasteiger partial charge in [-0.05, 0) is 31.0 Å². The van der Waals surface area contributed by atoms with Crippen molar-refractivity contribution in [1.82, 2.24) is 15.3 Å². The minimum absolute atomic E-state index is 0.0730. The highest BCUT2D eigenvalue weighted by Gasteiger charge is 2.15. The molecule has 5 nitrogen and oxygen atoms in total. The van der Waals surface area contributed by atoms with Crippen LogP contribution in [0.15, 0.2) is 66.9 Å². The highest BCUT2D eigenvalue weighted by atomic mass is 32.1. The molecule has 6 heteroatoms. The van der Waals surface area contributed by atoms with Crippen molar-refractivity contribution in [3.05, 3.63) is 88.0 Å². The van der Waals surface area contributed by atoms with E-state index in [2.05, 4.69) is 27.4 Å². The van der Waals surface area contributed by atoms with Gasteiger partial charge in [0, 0.05) is 24.5 Å². The SMILES string of the molecule is Cc1nc(Cc2ccccc2)sc1C(=O)NCCCOc1cccc2cccnc12. The summed E-state index contributed by atoms with van der Waals surface area (Å²) >= 11 is 1.46. The van der Waals surface area contributed by atoms with Crippen molar-refractivity contribution >= 4 is 28.1 Å². The van der Waals surface area contributed by atoms with Gasteiger partial charge in [-0.1, -0.05) is 48.5 Å². The van der Waals surface area contributed by atoms with Gasteiger partial charge in [0.05, 0.1) is 17.3 Å². The largest absolute Gasteiger partial charge is 0.491 e. The number of ether oxygens (including phenoxy) is 1. The van der Waals surface area contributed by atoms with Gasteiger partial charge >= 0.3 is 0 Å². The fraction of sp³-hybridized carbons (Fsp3) is 0.208. The standard InChI is InChI=1S/C24H23N3O2S/c1-17-23(30-21(27-17)16-18-8-3-2-4-9-18)24(28)26-14-7-15-29-20-12-5-10-19-11-6-13-25-22(19)20/h2-6,8-13H,7,14-16H2,1H3,(H,26,28). The van der Waals surface area contributed by atoms with Crippen LogP contribution in [0.4, 0.5) is 0 Å². The number of nitrogens with zero attached hydrogens (tertiary/aromatic N) is 2. The van der Waals surface area contributed by atoms with Gasteiger partial charge in [0.1, 0.15) is 16.1 Å². The van der Waals surface area contributed by atoms with Crippen LogP contribution in [0.5, 0.6) is 5.75 Å². The molecule has 1 amide bonds. The lowest BCUT2D eigenvalue weighted by molar-refractivity contribution is 0.0955. The number of thiazole rings is 1. The van der Waals surface area contributed by atoms with Gasteiger partial charge in [0.25, 0.3) is 5.91 Å². The highest BCUT2D eigenvalue weighted by Crippen LogP contribution is 2.23. The predicted octanol–water partition coefficient (Wildman–Crippen LogP) is 4.79. The minimum Gasteiger partial charge on any atom is -0.491 e. The third-order valence-corrected chi connectivity index (χ3v) is 5.86. The molecular weight excluding hydrogens is 394 g/mol. The first kappa shape index (κ1) is 20.0. The van der Waals surface area contributed by atoms with E-state index in [9.17, 15) is 4.79 Å². The molecule has 0 aliphatic heterocycles. The molecule has 0 aliphatic carbocycles. The molecule has 4 aromatic rings. The van der Waals surface area contributed by atoms with Crippen molar-refractivity contribution in [3.8, 4) is 5.75 Å². The molecular formula is C24H23N3O2S. The normalized spacial score (nSPS) is 10.8. The molecule has 1 N–H and O–H groups in total. The van der Waals surface area contributed by atoms with Crippen molar-refractivity contribution in [2.45, 2.75) is 19.8 Å². The van der Waals surface area contributed by atoms with E-state index < -0.39 is 0 Å². The molecule has 0 bridgehead atoms. The van der Waals surface area contributed by atoms with E-state index in [-0.39, 0.29) is 5.91 Å². The van der Waals surface area contributed by atoms with Crippen LogP contribution in [0.3, 0.4) is 0 Å². The van der Waals surface area contributed by atoms with Gasteiger partial charge in [-0.2, -0.15) is 0 Å². The van der Waals surface area contributed by atoms with Gasteiger partial charge in [0.15, 0.2) is 0 Å². The molecule has 2 heterocycles. The molecule has 2 aromatic carbocycles. The zero-order valence-electron chi connectivity index (χ0n) is 16.8. The molecule has 0 aliphatic rings. The lowest BCUT2D eigenvalue weighted by atomic mass is 10.2. The van der Waals surface area contributed by atoms with Gasteiger partial charge in [-0.15, -0.1) is 11.3 Å². The van der Waals surface area contributed by atoms with Gasteiger partial charge in [0.2, 0.25) is 0 Å². The van der Waals surface area contributed by atoms with Gasteiger partial charge < -0.3 is 10.1 Å². The van der Waals surface area contributed by atoms with E-state index in [4.69, 9.17) is 4.74 Å². The third-order valence-electron chi connectivity index (χ3n) is 4.71. The third kappa shape index (κ3) is 4.83. The molecule has 30 heavy (non-hydrogen) atoms. The van der Waals surface area contributed by atoms with Crippen molar-refractivity contribution < 1.29 is 9.53 Å². The number of fused-ring (bicyclic) bond motifs is 1. The van der Waals surface area contributed by atoms with Crippen molar-refractivity contribution in [2.75, 3.05) is 13.2 Å². The molecule has 0 unspecified atom stereocenters. The first-order valence-corrected chi connectivity index (χ1v) is 10.8. The summed E-state index contributed by atoms with van der Waals surface area (Å²) in [6.45, 7) is 2.94. The van der Waals surface area contributed by atoms with E-state index >= 15 is 0 Å². The molecule has 152 valence electrons. The summed E-state index contributed by atoms with van der Waals surface area (Å²) < 4.78 is 5.88. The summed E-state index contributed by atoms with van der Waals surface area (Å²) in [6.07, 6.45) is 3.22. The Morgan fingerprint density at radius 1 is 1.07 bits per heavy atom. The molecule has 0 saturated heterocycles. The molecule has 4 rings (SSSR count). The number of carbonyl (C=O) groups excluding carboxylic acids is 1. The molecule has 0 radical (unpaired) electrons. The average molecular weight is 418 g/mol. The zero-order chi connectivity index (χ0) is 20.8. The first-order chi connectivity index (χ1) is 14.7. The smallest absolute Gasteiger partial charge is 0.263 e. The van der Waals surface area contributed by atoms with Crippen LogP contribution in [0.1, 0.15) is 32.4 Å². The van der Waals surface area contributed by atoms with Crippen LogP contribution in [-0.2, 0) is 6.42 Å². The second-order valence-corrected chi connectivity index (χ2v) is 8.06. The summed E-state index contributed by atoms with van der Waals surface area (Å²) in [4.78, 5) is 22.2. The number of aromatic nitrogens is 2. The topological polar surface area (TPSA) is 64.1 Å². The number of hydrogen-bond donors (Lipinski definition) is 1. The molecule has 0 saturated carbocycles. The van der Waals surface area contributed by atoms with Crippen LogP contribution in [0, 0.1) is 6.92 Å². The van der Waals surface area contributed by atoms with E-state index in [0.717, 1.165) is 33.8 Å². The number of nitrogens with one attached hydrogen (secondary N) is 1. The Balaban J connectivity index is 1.27. The molecule has 0 atom stereocenters. The number of hydrogen-bond acceptors (Lipinski definition) is 5. The van der Waals surface area contributed by atoms with Crippen molar-refractivity contribution in [3.63, 3.8) is 0 Å². The Bertz CT molecular complexity index is 1140. The van der Waals surface area contributed by atoms with E-state index in [0.29, 0.717) is 24.4 Å². The number of amides is 1. The molecule has 2 aromatic heterocycles. The summed E-state index contributed by atoms with van der Waals surface area (Å²) in [5.74, 6) is 0.694. The maximum Gasteiger partial charge on any atom is 0.263 e. The molecule has 0 spiro atoms. The van der Waals surface area contributed by atoms with Crippen LogP contribution in [0.2, 0.25) is 0 Å². The number of benzene rings is 2. The monoisotopic (exact) mass is 417 g/mol. The number of pyridine rings is 1. The lowest BCUT2D eigenvalue weighted by Gasteiger charge is -2.09. The fourth-order valence-corrected chi connectivity index (χ4v) is 4.25. The first-order valence-electron chi connectivity index (χ1n) is 9.95. The van der Waals surface area contributed by atoms with Gasteiger partial charge in [-0.3, -0.25) is 9.78 Å². The van der Waals surface area contributed by atoms with Crippen molar-refractivity contribution in [2.24, 2.45) is 0 Å². The van der Waals surface area contributed by atoms with Crippen LogP contribution >= 0.6 is 11.3 Å². The quantitative estimate of drug-likeness (QED) is 0.419. The summed E-state index contributed by atoms with van der Waals surface area (Å²) in [5.41, 5.74) is 2.83. The van der Waals surface area contributed by atoms with Crippen LogP contribution in [-0.4, -0.2) is 29.0 Å². The Labute approximate surface area is 179 Å². The second kappa shape index (κ2) is 9.50. The fourth-order valence-electron chi connectivity index (χ4n) is 3.24. The number of aryl methyl sites for hydroxylation is 1. The lowest BCUT2D eigenvalue weighted by Crippen LogP contribution is -2.25. The Morgan fingerprint density at radius 3 is 2.77 bits per heavy atom. The van der Waals surface area contributed by atoms with Crippen LogP contribution in [0.25, 0.3) is 10.9 Å². The van der Waals surface area contributed by atoms with E-state index in [1.165, 1.54) is 16.9 Å². The van der Waals surface area contributed by atoms with Crippen molar-refractivity contribution in [1.29, 1.82) is 0 Å². The zero-order valence-corrected chi connectivity index (χ0v) is 17.6.